The van der Waals surface area contributed by atoms with Gasteiger partial charge in [0.05, 0.1) is 6.42 Å². The maximum atomic E-state index is 13.2. The van der Waals surface area contributed by atoms with Gasteiger partial charge in [0, 0.05) is 0 Å². The van der Waals surface area contributed by atoms with Crippen LogP contribution in [0.5, 0.6) is 0 Å². The summed E-state index contributed by atoms with van der Waals surface area (Å²) < 4.78 is 7.86. The van der Waals surface area contributed by atoms with E-state index < -0.39 is 39.1 Å². The highest BCUT2D eigenvalue weighted by Gasteiger charge is 2.40. The number of carbonyl (C=O) groups is 2. The molecule has 0 fully saturated rings. The van der Waals surface area contributed by atoms with Gasteiger partial charge in [-0.1, -0.05) is 58.9 Å². The third kappa shape index (κ3) is 9.88. The van der Waals surface area contributed by atoms with E-state index in [2.05, 4.69) is 68.1 Å². The first kappa shape index (κ1) is 24.8. The minimum absolute atomic E-state index is 0.0987. The molecular formula is C16H40N2O3Si4. The number of nitrogens with one attached hydrogen (secondary N) is 1. The van der Waals surface area contributed by atoms with Crippen LogP contribution in [0.25, 0.3) is 0 Å². The van der Waals surface area contributed by atoms with Crippen LogP contribution in [0.4, 0.5) is 0 Å². The lowest BCUT2D eigenvalue weighted by Crippen LogP contribution is -2.63. The van der Waals surface area contributed by atoms with Gasteiger partial charge in [-0.25, -0.2) is 0 Å². The monoisotopic (exact) mass is 420 g/mol. The Morgan fingerprint density at radius 3 is 1.52 bits per heavy atom. The predicted octanol–water partition coefficient (Wildman–Crippen LogP) is 4.05. The number of carbonyl (C=O) groups excluding carboxylic acids is 2. The predicted molar refractivity (Wildman–Crippen MR) is 118 cm³/mol. The van der Waals surface area contributed by atoms with Crippen molar-refractivity contribution in [1.29, 1.82) is 0 Å². The molecule has 0 radical (unpaired) electrons. The fourth-order valence-electron chi connectivity index (χ4n) is 3.11. The highest BCUT2D eigenvalue weighted by Crippen LogP contribution is 2.22. The Morgan fingerprint density at radius 2 is 1.24 bits per heavy atom. The van der Waals surface area contributed by atoms with E-state index in [0.717, 1.165) is 0 Å². The van der Waals surface area contributed by atoms with Crippen LogP contribution in [0.1, 0.15) is 6.42 Å². The molecule has 0 saturated carbocycles. The molecule has 148 valence electrons. The Kier molecular flexibility index (Phi) is 8.12. The Hall–Kier alpha value is -0.232. The van der Waals surface area contributed by atoms with Gasteiger partial charge in [-0.3, -0.25) is 9.59 Å². The van der Waals surface area contributed by atoms with Gasteiger partial charge in [0.2, 0.25) is 14.2 Å². The van der Waals surface area contributed by atoms with E-state index in [-0.39, 0.29) is 18.3 Å². The second kappa shape index (κ2) is 8.20. The van der Waals surface area contributed by atoms with Gasteiger partial charge >= 0.3 is 5.97 Å². The number of amides is 1. The van der Waals surface area contributed by atoms with Crippen LogP contribution in [0.3, 0.4) is 0 Å². The average molecular weight is 421 g/mol. The summed E-state index contributed by atoms with van der Waals surface area (Å²) in [6, 6.07) is -0.541. The zero-order valence-electron chi connectivity index (χ0n) is 18.5. The van der Waals surface area contributed by atoms with Gasteiger partial charge in [-0.05, 0) is 19.6 Å². The van der Waals surface area contributed by atoms with Gasteiger partial charge in [0.1, 0.15) is 30.7 Å². The number of hydrogen-bond acceptors (Lipinski definition) is 4. The highest BCUT2D eigenvalue weighted by molar-refractivity contribution is 6.92. The first-order valence-corrected chi connectivity index (χ1v) is 22.9. The van der Waals surface area contributed by atoms with E-state index in [9.17, 15) is 9.59 Å². The molecule has 0 saturated heterocycles. The van der Waals surface area contributed by atoms with Crippen LogP contribution in [-0.4, -0.2) is 55.2 Å². The molecule has 0 aromatic rings. The fraction of sp³-hybridized carbons (Fsp3) is 0.875. The van der Waals surface area contributed by atoms with E-state index in [1.54, 1.807) is 0 Å². The lowest BCUT2D eigenvalue weighted by molar-refractivity contribution is -0.139. The molecule has 0 aliphatic heterocycles. The van der Waals surface area contributed by atoms with Crippen LogP contribution in [0.2, 0.25) is 78.6 Å². The molecule has 0 bridgehead atoms. The van der Waals surface area contributed by atoms with Crippen LogP contribution in [0.15, 0.2) is 0 Å². The van der Waals surface area contributed by atoms with Crippen LogP contribution in [0, 0.1) is 0 Å². The standard InChI is InChI=1S/C16H40N2O3Si4/c1-22(2,3)17-14(16(20)21-25(10,11)12)13-15(19)18(23(4,5)6)24(7,8)9/h14,17H,13H2,1-12H3. The Balaban J connectivity index is 5.55. The fourth-order valence-corrected chi connectivity index (χ4v) is 14.8. The van der Waals surface area contributed by atoms with Crippen molar-refractivity contribution < 1.29 is 14.0 Å². The molecule has 0 spiro atoms. The molecule has 0 rings (SSSR count). The maximum Gasteiger partial charge on any atom is 0.309 e. The first-order valence-electron chi connectivity index (χ1n) is 9.08. The first-order chi connectivity index (χ1) is 10.7. The van der Waals surface area contributed by atoms with Gasteiger partial charge in [0.15, 0.2) is 0 Å². The van der Waals surface area contributed by atoms with Crippen molar-refractivity contribution in [3.05, 3.63) is 0 Å². The van der Waals surface area contributed by atoms with E-state index in [0.29, 0.717) is 0 Å². The summed E-state index contributed by atoms with van der Waals surface area (Å²) in [5.74, 6) is -0.164. The molecule has 0 aromatic carbocycles. The van der Waals surface area contributed by atoms with Crippen molar-refractivity contribution in [3.63, 3.8) is 0 Å². The smallest absolute Gasteiger partial charge is 0.309 e. The molecular weight excluding hydrogens is 381 g/mol. The summed E-state index contributed by atoms with van der Waals surface area (Å²) in [6.45, 7) is 25.6. The largest absolute Gasteiger partial charge is 0.519 e. The minimum Gasteiger partial charge on any atom is -0.519 e. The summed E-state index contributed by atoms with van der Waals surface area (Å²) >= 11 is 0. The lowest BCUT2D eigenvalue weighted by atomic mass is 10.2. The molecule has 0 aromatic heterocycles. The molecule has 1 N–H and O–H groups in total. The minimum atomic E-state index is -1.99. The number of nitrogens with zero attached hydrogens (tertiary/aromatic N) is 1. The quantitative estimate of drug-likeness (QED) is 0.602. The van der Waals surface area contributed by atoms with Crippen molar-refractivity contribution in [1.82, 2.24) is 9.21 Å². The summed E-state index contributed by atoms with van der Waals surface area (Å²) in [7, 11) is -7.34. The van der Waals surface area contributed by atoms with Crippen LogP contribution in [-0.2, 0) is 14.0 Å². The zero-order chi connectivity index (χ0) is 20.4. The highest BCUT2D eigenvalue weighted by atomic mass is 28.4. The van der Waals surface area contributed by atoms with Gasteiger partial charge < -0.3 is 13.6 Å². The van der Waals surface area contributed by atoms with Crippen LogP contribution < -0.4 is 4.98 Å². The van der Waals surface area contributed by atoms with Gasteiger partial charge in [0.25, 0.3) is 0 Å². The number of hydrogen-bond donors (Lipinski definition) is 1. The normalized spacial score (nSPS) is 14.9. The third-order valence-corrected chi connectivity index (χ3v) is 12.5. The summed E-state index contributed by atoms with van der Waals surface area (Å²) in [5.41, 5.74) is 0. The van der Waals surface area contributed by atoms with Gasteiger partial charge in [-0.15, -0.1) is 0 Å². The molecule has 1 unspecified atom stereocenters. The van der Waals surface area contributed by atoms with Crippen molar-refractivity contribution in [2.45, 2.75) is 91.0 Å². The summed E-state index contributed by atoms with van der Waals surface area (Å²) in [5, 5.41) is 0. The molecule has 0 heterocycles. The topological polar surface area (TPSA) is 58.6 Å². The second-order valence-corrected chi connectivity index (χ2v) is 30.0. The molecule has 9 heteroatoms. The van der Waals surface area contributed by atoms with E-state index >= 15 is 0 Å². The molecule has 25 heavy (non-hydrogen) atoms. The average Bonchev–Trinajstić information content (AvgIpc) is 2.18. The molecule has 1 atom stereocenters. The zero-order valence-corrected chi connectivity index (χ0v) is 22.5. The van der Waals surface area contributed by atoms with Crippen molar-refractivity contribution in [2.24, 2.45) is 0 Å². The molecule has 0 aliphatic rings. The maximum absolute atomic E-state index is 13.2. The SMILES string of the molecule is C[Si](C)(C)NC(CC(=O)N([Si](C)(C)C)[Si](C)(C)C)C(=O)O[Si](C)(C)C. The molecule has 1 amide bonds. The Morgan fingerprint density at radius 1 is 0.840 bits per heavy atom. The lowest BCUT2D eigenvalue weighted by Gasteiger charge is -2.44. The molecule has 5 nitrogen and oxygen atoms in total. The van der Waals surface area contributed by atoms with E-state index in [1.807, 2.05) is 19.6 Å². The summed E-state index contributed by atoms with van der Waals surface area (Å²) in [6.07, 6.45) is 0.197. The van der Waals surface area contributed by atoms with Crippen molar-refractivity contribution >= 4 is 44.9 Å². The number of rotatable bonds is 8. The summed E-state index contributed by atoms with van der Waals surface area (Å²) in [4.78, 5) is 29.3. The van der Waals surface area contributed by atoms with Crippen molar-refractivity contribution in [3.8, 4) is 0 Å². The van der Waals surface area contributed by atoms with Crippen LogP contribution >= 0.6 is 0 Å². The molecule has 0 aliphatic carbocycles. The van der Waals surface area contributed by atoms with Crippen molar-refractivity contribution in [2.75, 3.05) is 0 Å². The Bertz CT molecular complexity index is 472. The Labute approximate surface area is 159 Å². The van der Waals surface area contributed by atoms with E-state index in [1.165, 1.54) is 0 Å². The van der Waals surface area contributed by atoms with Gasteiger partial charge in [-0.2, -0.15) is 0 Å². The third-order valence-electron chi connectivity index (χ3n) is 3.27. The van der Waals surface area contributed by atoms with E-state index in [4.69, 9.17) is 4.43 Å². The second-order valence-electron chi connectivity index (χ2n) is 10.8.